The van der Waals surface area contributed by atoms with Crippen molar-refractivity contribution in [2.45, 2.75) is 6.92 Å². The van der Waals surface area contributed by atoms with E-state index >= 15 is 0 Å². The lowest BCUT2D eigenvalue weighted by atomic mass is 10.1. The van der Waals surface area contributed by atoms with Crippen LogP contribution in [0.5, 0.6) is 5.75 Å². The lowest BCUT2D eigenvalue weighted by Gasteiger charge is -2.30. The van der Waals surface area contributed by atoms with Crippen LogP contribution in [0.2, 0.25) is 5.02 Å². The second-order valence-electron chi connectivity index (χ2n) is 6.36. The van der Waals surface area contributed by atoms with Crippen molar-refractivity contribution in [1.29, 1.82) is 0 Å². The Morgan fingerprint density at radius 2 is 1.93 bits per heavy atom. The van der Waals surface area contributed by atoms with Crippen LogP contribution in [0.4, 0.5) is 11.4 Å². The predicted octanol–water partition coefficient (Wildman–Crippen LogP) is 3.61. The molecular formula is C21H23ClN2O5. The number of hydrogen-bond acceptors (Lipinski definition) is 6. The van der Waals surface area contributed by atoms with Gasteiger partial charge in [-0.15, -0.1) is 0 Å². The molecule has 0 saturated carbocycles. The summed E-state index contributed by atoms with van der Waals surface area (Å²) in [5.41, 5.74) is 2.03. The molecular weight excluding hydrogens is 396 g/mol. The van der Waals surface area contributed by atoms with E-state index in [2.05, 4.69) is 10.2 Å². The quantitative estimate of drug-likeness (QED) is 0.722. The van der Waals surface area contributed by atoms with Crippen molar-refractivity contribution < 1.29 is 23.8 Å². The number of benzene rings is 2. The zero-order chi connectivity index (χ0) is 20.8. The smallest absolute Gasteiger partial charge is 0.340 e. The van der Waals surface area contributed by atoms with Crippen LogP contribution in [0, 0.1) is 0 Å². The van der Waals surface area contributed by atoms with Crippen LogP contribution in [0.1, 0.15) is 27.6 Å². The molecule has 2 aromatic carbocycles. The van der Waals surface area contributed by atoms with E-state index in [9.17, 15) is 9.59 Å². The molecule has 154 valence electrons. The molecule has 1 heterocycles. The van der Waals surface area contributed by atoms with Gasteiger partial charge in [0.1, 0.15) is 5.75 Å². The lowest BCUT2D eigenvalue weighted by molar-refractivity contribution is 0.0526. The summed E-state index contributed by atoms with van der Waals surface area (Å²) < 4.78 is 15.7. The van der Waals surface area contributed by atoms with E-state index in [1.54, 1.807) is 31.2 Å². The van der Waals surface area contributed by atoms with Crippen LogP contribution in [0.3, 0.4) is 0 Å². The number of amides is 1. The largest absolute Gasteiger partial charge is 0.495 e. The molecule has 7 nitrogen and oxygen atoms in total. The van der Waals surface area contributed by atoms with Gasteiger partial charge in [0, 0.05) is 24.3 Å². The number of nitrogens with one attached hydrogen (secondary N) is 1. The van der Waals surface area contributed by atoms with E-state index in [0.29, 0.717) is 53.9 Å². The molecule has 2 aromatic rings. The number of carbonyl (C=O) groups is 2. The summed E-state index contributed by atoms with van der Waals surface area (Å²) >= 11 is 6.10. The van der Waals surface area contributed by atoms with Gasteiger partial charge in [-0.2, -0.15) is 0 Å². The Kier molecular flexibility index (Phi) is 6.95. The Morgan fingerprint density at radius 1 is 1.17 bits per heavy atom. The number of anilines is 2. The number of morpholine rings is 1. The normalized spacial score (nSPS) is 13.7. The van der Waals surface area contributed by atoms with Crippen LogP contribution in [0.15, 0.2) is 36.4 Å². The van der Waals surface area contributed by atoms with Gasteiger partial charge in [-0.05, 0) is 43.3 Å². The summed E-state index contributed by atoms with van der Waals surface area (Å²) in [6.07, 6.45) is 0. The zero-order valence-electron chi connectivity index (χ0n) is 16.4. The molecule has 0 aromatic heterocycles. The number of methoxy groups -OCH3 is 1. The van der Waals surface area contributed by atoms with Gasteiger partial charge >= 0.3 is 5.97 Å². The van der Waals surface area contributed by atoms with Crippen LogP contribution < -0.4 is 15.0 Å². The van der Waals surface area contributed by atoms with Gasteiger partial charge in [0.15, 0.2) is 0 Å². The van der Waals surface area contributed by atoms with Crippen LogP contribution in [-0.2, 0) is 9.47 Å². The molecule has 8 heteroatoms. The highest BCUT2D eigenvalue weighted by atomic mass is 35.5. The van der Waals surface area contributed by atoms with Crippen molar-refractivity contribution in [2.75, 3.05) is 50.2 Å². The minimum absolute atomic E-state index is 0.266. The maximum Gasteiger partial charge on any atom is 0.340 e. The van der Waals surface area contributed by atoms with Crippen molar-refractivity contribution in [3.63, 3.8) is 0 Å². The molecule has 1 aliphatic rings. The maximum atomic E-state index is 12.6. The number of ether oxygens (including phenoxy) is 3. The number of rotatable bonds is 6. The molecule has 1 fully saturated rings. The number of nitrogens with zero attached hydrogens (tertiary/aromatic N) is 1. The van der Waals surface area contributed by atoms with E-state index in [-0.39, 0.29) is 12.5 Å². The summed E-state index contributed by atoms with van der Waals surface area (Å²) in [6.45, 7) is 4.58. The van der Waals surface area contributed by atoms with Gasteiger partial charge in [-0.1, -0.05) is 11.6 Å². The lowest BCUT2D eigenvalue weighted by Crippen LogP contribution is -2.37. The fourth-order valence-electron chi connectivity index (χ4n) is 3.08. The maximum absolute atomic E-state index is 12.6. The van der Waals surface area contributed by atoms with Crippen molar-refractivity contribution in [1.82, 2.24) is 0 Å². The van der Waals surface area contributed by atoms with Gasteiger partial charge in [0.25, 0.3) is 5.91 Å². The fourth-order valence-corrected chi connectivity index (χ4v) is 3.33. The molecule has 0 radical (unpaired) electrons. The molecule has 0 atom stereocenters. The average Bonchev–Trinajstić information content (AvgIpc) is 2.74. The first-order valence-electron chi connectivity index (χ1n) is 9.32. The topological polar surface area (TPSA) is 77.1 Å². The Hall–Kier alpha value is -2.77. The minimum atomic E-state index is -0.433. The zero-order valence-corrected chi connectivity index (χ0v) is 17.1. The van der Waals surface area contributed by atoms with Crippen molar-refractivity contribution in [3.05, 3.63) is 52.5 Å². The molecule has 1 amide bonds. The Labute approximate surface area is 174 Å². The van der Waals surface area contributed by atoms with Gasteiger partial charge in [0.05, 0.1) is 43.2 Å². The fraction of sp³-hybridized carbons (Fsp3) is 0.333. The van der Waals surface area contributed by atoms with Crippen molar-refractivity contribution in [2.24, 2.45) is 0 Å². The average molecular weight is 419 g/mol. The highest BCUT2D eigenvalue weighted by Gasteiger charge is 2.21. The molecule has 1 N–H and O–H groups in total. The summed E-state index contributed by atoms with van der Waals surface area (Å²) in [5.74, 6) is -0.288. The van der Waals surface area contributed by atoms with Gasteiger partial charge in [0.2, 0.25) is 0 Å². The van der Waals surface area contributed by atoms with Crippen LogP contribution in [0.25, 0.3) is 0 Å². The predicted molar refractivity (Wildman–Crippen MR) is 111 cm³/mol. The van der Waals surface area contributed by atoms with Crippen LogP contribution in [-0.4, -0.2) is 51.9 Å². The summed E-state index contributed by atoms with van der Waals surface area (Å²) in [7, 11) is 1.51. The number of esters is 1. The summed E-state index contributed by atoms with van der Waals surface area (Å²) in [6, 6.07) is 9.98. The molecule has 1 saturated heterocycles. The monoisotopic (exact) mass is 418 g/mol. The number of halogens is 1. The minimum Gasteiger partial charge on any atom is -0.495 e. The van der Waals surface area contributed by atoms with Crippen LogP contribution >= 0.6 is 11.6 Å². The standard InChI is InChI=1S/C21H23ClN2O5/c1-3-29-21(26)16-13-15(5-6-18(16)24-8-10-28-11-9-24)23-20(25)14-4-7-19(27-2)17(22)12-14/h4-7,12-13H,3,8-11H2,1-2H3,(H,23,25). The van der Waals surface area contributed by atoms with Crippen molar-refractivity contribution in [3.8, 4) is 5.75 Å². The van der Waals surface area contributed by atoms with Gasteiger partial charge in [-0.3, -0.25) is 4.79 Å². The third-order valence-electron chi connectivity index (χ3n) is 4.52. The van der Waals surface area contributed by atoms with E-state index < -0.39 is 5.97 Å². The highest BCUT2D eigenvalue weighted by molar-refractivity contribution is 6.32. The molecule has 1 aliphatic heterocycles. The Balaban J connectivity index is 1.85. The first kappa shape index (κ1) is 21.0. The second-order valence-corrected chi connectivity index (χ2v) is 6.76. The number of carbonyl (C=O) groups excluding carboxylic acids is 2. The number of hydrogen-bond donors (Lipinski definition) is 1. The Morgan fingerprint density at radius 3 is 2.59 bits per heavy atom. The molecule has 0 aliphatic carbocycles. The first-order valence-corrected chi connectivity index (χ1v) is 9.70. The second kappa shape index (κ2) is 9.62. The van der Waals surface area contributed by atoms with E-state index in [0.717, 1.165) is 5.69 Å². The summed E-state index contributed by atoms with van der Waals surface area (Å²) in [5, 5.41) is 3.14. The first-order chi connectivity index (χ1) is 14.0. The SMILES string of the molecule is CCOC(=O)c1cc(NC(=O)c2ccc(OC)c(Cl)c2)ccc1N1CCOCC1. The molecule has 29 heavy (non-hydrogen) atoms. The molecule has 3 rings (SSSR count). The summed E-state index contributed by atoms with van der Waals surface area (Å²) in [4.78, 5) is 27.2. The third-order valence-corrected chi connectivity index (χ3v) is 4.81. The molecule has 0 unspecified atom stereocenters. The highest BCUT2D eigenvalue weighted by Crippen LogP contribution is 2.28. The van der Waals surface area contributed by atoms with Crippen molar-refractivity contribution >= 4 is 34.9 Å². The van der Waals surface area contributed by atoms with E-state index in [4.69, 9.17) is 25.8 Å². The van der Waals surface area contributed by atoms with E-state index in [1.165, 1.54) is 13.2 Å². The van der Waals surface area contributed by atoms with Gasteiger partial charge in [-0.25, -0.2) is 4.79 Å². The van der Waals surface area contributed by atoms with E-state index in [1.807, 2.05) is 6.07 Å². The molecule has 0 spiro atoms. The Bertz CT molecular complexity index is 897. The van der Waals surface area contributed by atoms with Gasteiger partial charge < -0.3 is 24.4 Å². The third kappa shape index (κ3) is 4.99. The molecule has 0 bridgehead atoms.